The zero-order valence-electron chi connectivity index (χ0n) is 12.6. The first-order chi connectivity index (χ1) is 8.93. The van der Waals surface area contributed by atoms with Gasteiger partial charge >= 0.3 is 0 Å². The Kier molecular flexibility index (Phi) is 4.93. The van der Waals surface area contributed by atoms with Crippen molar-refractivity contribution in [3.05, 3.63) is 35.4 Å². The van der Waals surface area contributed by atoms with Gasteiger partial charge in [0.25, 0.3) is 9.05 Å². The van der Waals surface area contributed by atoms with E-state index >= 15 is 0 Å². The second-order valence-electron chi connectivity index (χ2n) is 6.05. The van der Waals surface area contributed by atoms with Crippen LogP contribution in [0.2, 0.25) is 0 Å². The number of ether oxygens (including phenoxy) is 1. The number of halogens is 1. The molecule has 0 saturated carbocycles. The van der Waals surface area contributed by atoms with Crippen LogP contribution in [0.1, 0.15) is 38.8 Å². The van der Waals surface area contributed by atoms with Crippen molar-refractivity contribution in [3.8, 4) is 5.75 Å². The molecule has 1 aromatic rings. The molecule has 5 heteroatoms. The average molecular weight is 317 g/mol. The first-order valence-electron chi connectivity index (χ1n) is 6.30. The van der Waals surface area contributed by atoms with Crippen molar-refractivity contribution in [3.63, 3.8) is 0 Å². The second-order valence-corrected chi connectivity index (χ2v) is 8.58. The maximum absolute atomic E-state index is 11.6. The standard InChI is InChI=1S/C15H21ClO3S/c1-10(2)9-19-13-7-11(3)14(20(16,17)18)8-12(13)15(4,5)6/h7-8H,1,9H2,2-6H3. The molecule has 0 fully saturated rings. The number of hydrogen-bond donors (Lipinski definition) is 0. The summed E-state index contributed by atoms with van der Waals surface area (Å²) >= 11 is 0. The van der Waals surface area contributed by atoms with E-state index in [1.807, 2.05) is 27.7 Å². The lowest BCUT2D eigenvalue weighted by Crippen LogP contribution is -2.15. The smallest absolute Gasteiger partial charge is 0.261 e. The van der Waals surface area contributed by atoms with Crippen LogP contribution in [0, 0.1) is 6.92 Å². The molecule has 0 spiro atoms. The van der Waals surface area contributed by atoms with Gasteiger partial charge in [-0.1, -0.05) is 27.4 Å². The molecule has 0 saturated heterocycles. The maximum Gasteiger partial charge on any atom is 0.261 e. The van der Waals surface area contributed by atoms with E-state index in [4.69, 9.17) is 15.4 Å². The van der Waals surface area contributed by atoms with Crippen molar-refractivity contribution in [1.29, 1.82) is 0 Å². The largest absolute Gasteiger partial charge is 0.489 e. The lowest BCUT2D eigenvalue weighted by molar-refractivity contribution is 0.340. The maximum atomic E-state index is 11.6. The zero-order chi connectivity index (χ0) is 15.7. The van der Waals surface area contributed by atoms with Crippen LogP contribution in [0.15, 0.2) is 29.2 Å². The molecule has 0 aliphatic carbocycles. The van der Waals surface area contributed by atoms with E-state index in [2.05, 4.69) is 6.58 Å². The van der Waals surface area contributed by atoms with Crippen LogP contribution in [0.5, 0.6) is 5.75 Å². The quantitative estimate of drug-likeness (QED) is 0.618. The minimum absolute atomic E-state index is 0.131. The number of aryl methyl sites for hydroxylation is 1. The monoisotopic (exact) mass is 316 g/mol. The first kappa shape index (κ1) is 17.1. The lowest BCUT2D eigenvalue weighted by Gasteiger charge is -2.24. The third-order valence-corrected chi connectivity index (χ3v) is 4.29. The molecule has 20 heavy (non-hydrogen) atoms. The van der Waals surface area contributed by atoms with Gasteiger partial charge in [0.15, 0.2) is 0 Å². The summed E-state index contributed by atoms with van der Waals surface area (Å²) < 4.78 is 29.0. The van der Waals surface area contributed by atoms with E-state index in [0.29, 0.717) is 17.9 Å². The van der Waals surface area contributed by atoms with Crippen molar-refractivity contribution < 1.29 is 13.2 Å². The van der Waals surface area contributed by atoms with Crippen molar-refractivity contribution in [2.24, 2.45) is 0 Å². The zero-order valence-corrected chi connectivity index (χ0v) is 14.2. The van der Waals surface area contributed by atoms with Gasteiger partial charge in [0, 0.05) is 16.2 Å². The van der Waals surface area contributed by atoms with Crippen LogP contribution < -0.4 is 4.74 Å². The average Bonchev–Trinajstić information content (AvgIpc) is 2.22. The highest BCUT2D eigenvalue weighted by Crippen LogP contribution is 2.36. The summed E-state index contributed by atoms with van der Waals surface area (Å²) in [6.45, 7) is 13.8. The molecule has 0 radical (unpaired) electrons. The Hall–Kier alpha value is -1.00. The predicted octanol–water partition coefficient (Wildman–Crippen LogP) is 4.17. The van der Waals surface area contributed by atoms with Crippen LogP contribution in [0.4, 0.5) is 0 Å². The molecule has 0 aliphatic rings. The highest BCUT2D eigenvalue weighted by atomic mass is 35.7. The topological polar surface area (TPSA) is 43.4 Å². The van der Waals surface area contributed by atoms with E-state index in [9.17, 15) is 8.42 Å². The van der Waals surface area contributed by atoms with E-state index in [-0.39, 0.29) is 10.3 Å². The summed E-state index contributed by atoms with van der Waals surface area (Å²) in [5.41, 5.74) is 2.03. The van der Waals surface area contributed by atoms with Crippen LogP contribution in [0.25, 0.3) is 0 Å². The highest BCUT2D eigenvalue weighted by molar-refractivity contribution is 8.13. The Morgan fingerprint density at radius 2 is 1.90 bits per heavy atom. The normalized spacial score (nSPS) is 12.3. The molecule has 0 heterocycles. The predicted molar refractivity (Wildman–Crippen MR) is 83.2 cm³/mol. The molecule has 3 nitrogen and oxygen atoms in total. The molecular formula is C15H21ClO3S. The molecular weight excluding hydrogens is 296 g/mol. The Labute approximate surface area is 126 Å². The van der Waals surface area contributed by atoms with Crippen molar-refractivity contribution in [2.45, 2.75) is 44.9 Å². The number of hydrogen-bond acceptors (Lipinski definition) is 3. The van der Waals surface area contributed by atoms with Crippen LogP contribution in [0.3, 0.4) is 0 Å². The summed E-state index contributed by atoms with van der Waals surface area (Å²) in [7, 11) is 1.72. The molecule has 0 amide bonds. The second kappa shape index (κ2) is 5.78. The lowest BCUT2D eigenvalue weighted by atomic mass is 9.86. The Morgan fingerprint density at radius 3 is 2.30 bits per heavy atom. The molecule has 0 bridgehead atoms. The molecule has 112 valence electrons. The highest BCUT2D eigenvalue weighted by Gasteiger charge is 2.24. The van der Waals surface area contributed by atoms with Crippen molar-refractivity contribution in [2.75, 3.05) is 6.61 Å². The van der Waals surface area contributed by atoms with Gasteiger partial charge in [0.05, 0.1) is 4.90 Å². The van der Waals surface area contributed by atoms with Gasteiger partial charge in [-0.25, -0.2) is 8.42 Å². The van der Waals surface area contributed by atoms with Crippen LogP contribution in [-0.2, 0) is 14.5 Å². The summed E-state index contributed by atoms with van der Waals surface area (Å²) in [5, 5.41) is 0. The van der Waals surface area contributed by atoms with Gasteiger partial charge in [-0.2, -0.15) is 0 Å². The number of rotatable bonds is 4. The van der Waals surface area contributed by atoms with Gasteiger partial charge in [-0.05, 0) is 42.5 Å². The van der Waals surface area contributed by atoms with E-state index in [1.54, 1.807) is 19.1 Å². The fourth-order valence-electron chi connectivity index (χ4n) is 1.83. The van der Waals surface area contributed by atoms with E-state index < -0.39 is 9.05 Å². The minimum atomic E-state index is -3.77. The van der Waals surface area contributed by atoms with Crippen LogP contribution >= 0.6 is 10.7 Å². The van der Waals surface area contributed by atoms with E-state index in [0.717, 1.165) is 11.1 Å². The fourth-order valence-corrected chi connectivity index (χ4v) is 3.03. The van der Waals surface area contributed by atoms with Gasteiger partial charge < -0.3 is 4.74 Å². The third-order valence-electron chi connectivity index (χ3n) is 2.82. The van der Waals surface area contributed by atoms with Gasteiger partial charge in [-0.3, -0.25) is 0 Å². The van der Waals surface area contributed by atoms with Crippen LogP contribution in [-0.4, -0.2) is 15.0 Å². The van der Waals surface area contributed by atoms with Gasteiger partial charge in [0.1, 0.15) is 12.4 Å². The molecule has 1 aromatic carbocycles. The summed E-state index contributed by atoms with van der Waals surface area (Å²) in [6, 6.07) is 3.32. The molecule has 0 atom stereocenters. The van der Waals surface area contributed by atoms with Gasteiger partial charge in [0.2, 0.25) is 0 Å². The number of benzene rings is 1. The van der Waals surface area contributed by atoms with Crippen molar-refractivity contribution in [1.82, 2.24) is 0 Å². The molecule has 0 aliphatic heterocycles. The Balaban J connectivity index is 3.45. The summed E-state index contributed by atoms with van der Waals surface area (Å²) in [5.74, 6) is 0.669. The Bertz CT molecular complexity index is 625. The minimum Gasteiger partial charge on any atom is -0.489 e. The molecule has 0 aromatic heterocycles. The fraction of sp³-hybridized carbons (Fsp3) is 0.467. The Morgan fingerprint density at radius 1 is 1.35 bits per heavy atom. The molecule has 0 N–H and O–H groups in total. The summed E-state index contributed by atoms with van der Waals surface area (Å²) in [6.07, 6.45) is 0. The first-order valence-corrected chi connectivity index (χ1v) is 8.61. The molecule has 1 rings (SSSR count). The van der Waals surface area contributed by atoms with Gasteiger partial charge in [-0.15, -0.1) is 0 Å². The molecule has 0 unspecified atom stereocenters. The SMILES string of the molecule is C=C(C)COc1cc(C)c(S(=O)(=O)Cl)cc1C(C)(C)C. The van der Waals surface area contributed by atoms with E-state index in [1.165, 1.54) is 0 Å². The third kappa shape index (κ3) is 4.25. The van der Waals surface area contributed by atoms with Crippen molar-refractivity contribution >= 4 is 19.7 Å². The summed E-state index contributed by atoms with van der Waals surface area (Å²) in [4.78, 5) is 0.131.